The Morgan fingerprint density at radius 3 is 2.57 bits per heavy atom. The van der Waals surface area contributed by atoms with Crippen LogP contribution < -0.4 is 5.32 Å². The van der Waals surface area contributed by atoms with Gasteiger partial charge >= 0.3 is 12.1 Å². The van der Waals surface area contributed by atoms with Crippen LogP contribution in [0.3, 0.4) is 0 Å². The minimum absolute atomic E-state index is 0.282. The summed E-state index contributed by atoms with van der Waals surface area (Å²) in [7, 11) is 0. The van der Waals surface area contributed by atoms with Gasteiger partial charge in [-0.05, 0) is 63.9 Å². The lowest BCUT2D eigenvalue weighted by Gasteiger charge is -2.19. The Morgan fingerprint density at radius 2 is 1.89 bits per heavy atom. The number of carbonyl (C=O) groups is 2. The molecule has 0 spiro atoms. The third-order valence-corrected chi connectivity index (χ3v) is 6.72. The van der Waals surface area contributed by atoms with Gasteiger partial charge in [-0.25, -0.2) is 14.6 Å². The van der Waals surface area contributed by atoms with Crippen LogP contribution in [-0.2, 0) is 16.0 Å². The lowest BCUT2D eigenvalue weighted by Crippen LogP contribution is -2.32. The Hall–Kier alpha value is -2.91. The van der Waals surface area contributed by atoms with E-state index in [1.165, 1.54) is 23.1 Å². The number of hydrogen-bond acceptors (Lipinski definition) is 8. The number of benzene rings is 1. The van der Waals surface area contributed by atoms with Gasteiger partial charge in [0.25, 0.3) is 0 Å². The molecule has 0 aliphatic heterocycles. The zero-order valence-electron chi connectivity index (χ0n) is 20.7. The van der Waals surface area contributed by atoms with Crippen molar-refractivity contribution in [2.24, 2.45) is 0 Å². The van der Waals surface area contributed by atoms with Gasteiger partial charge in [0.05, 0.1) is 29.1 Å². The Bertz CT molecular complexity index is 1150. The van der Waals surface area contributed by atoms with Crippen LogP contribution in [-0.4, -0.2) is 34.2 Å². The van der Waals surface area contributed by atoms with Crippen LogP contribution in [0.1, 0.15) is 61.6 Å². The summed E-state index contributed by atoms with van der Waals surface area (Å²) >= 11 is 2.98. The molecule has 0 aliphatic carbocycles. The maximum Gasteiger partial charge on any atom is 0.408 e. The third-order valence-electron chi connectivity index (χ3n) is 4.65. The van der Waals surface area contributed by atoms with Gasteiger partial charge in [0.1, 0.15) is 10.6 Å². The molecule has 3 aromatic rings. The number of ether oxygens (including phenoxy) is 2. The molecular formula is C26H31N3O4S2. The molecule has 0 saturated carbocycles. The highest BCUT2D eigenvalue weighted by molar-refractivity contribution is 8.01. The number of aromatic nitrogens is 2. The maximum atomic E-state index is 12.7. The summed E-state index contributed by atoms with van der Waals surface area (Å²) in [6.07, 6.45) is 4.88. The molecule has 0 atom stereocenters. The van der Waals surface area contributed by atoms with Crippen LogP contribution in [0.5, 0.6) is 0 Å². The van der Waals surface area contributed by atoms with Crippen LogP contribution in [0.25, 0.3) is 11.1 Å². The van der Waals surface area contributed by atoms with Gasteiger partial charge in [0, 0.05) is 22.3 Å². The first-order chi connectivity index (χ1) is 16.6. The first kappa shape index (κ1) is 26.7. The lowest BCUT2D eigenvalue weighted by molar-refractivity contribution is 0.0495. The van der Waals surface area contributed by atoms with Crippen molar-refractivity contribution >= 4 is 35.2 Å². The van der Waals surface area contributed by atoms with E-state index in [9.17, 15) is 9.59 Å². The van der Waals surface area contributed by atoms with E-state index in [0.717, 1.165) is 43.8 Å². The quantitative estimate of drug-likeness (QED) is 0.253. The van der Waals surface area contributed by atoms with Gasteiger partial charge in [-0.15, -0.1) is 11.3 Å². The largest absolute Gasteiger partial charge is 0.462 e. The molecule has 0 aliphatic rings. The van der Waals surface area contributed by atoms with E-state index in [1.807, 2.05) is 58.0 Å². The van der Waals surface area contributed by atoms with E-state index < -0.39 is 11.7 Å². The molecule has 0 saturated heterocycles. The topological polar surface area (TPSA) is 90.4 Å². The summed E-state index contributed by atoms with van der Waals surface area (Å²) in [6.45, 7) is 10.1. The number of unbranched alkanes of at least 4 members (excludes halogenated alkanes) is 1. The fraction of sp³-hybridized carbons (Fsp3) is 0.385. The second kappa shape index (κ2) is 12.2. The Morgan fingerprint density at radius 1 is 1.09 bits per heavy atom. The number of aryl methyl sites for hydroxylation is 1. The van der Waals surface area contributed by atoms with Crippen molar-refractivity contribution in [1.29, 1.82) is 0 Å². The van der Waals surface area contributed by atoms with Crippen molar-refractivity contribution in [1.82, 2.24) is 15.3 Å². The molecule has 1 N–H and O–H groups in total. The van der Waals surface area contributed by atoms with Crippen LogP contribution in [0, 0.1) is 6.92 Å². The molecule has 7 nitrogen and oxygen atoms in total. The Labute approximate surface area is 214 Å². The van der Waals surface area contributed by atoms with Crippen LogP contribution in [0.2, 0.25) is 0 Å². The molecule has 1 amide bonds. The summed E-state index contributed by atoms with van der Waals surface area (Å²) < 4.78 is 11.7. The molecule has 0 radical (unpaired) electrons. The van der Waals surface area contributed by atoms with Gasteiger partial charge in [-0.3, -0.25) is 4.98 Å². The molecule has 3 rings (SSSR count). The van der Waals surface area contributed by atoms with Crippen LogP contribution in [0.4, 0.5) is 4.79 Å². The summed E-state index contributed by atoms with van der Waals surface area (Å²) in [5, 5.41) is 3.49. The number of alkyl carbamates (subject to hydrolysis) is 1. The van der Waals surface area contributed by atoms with E-state index in [2.05, 4.69) is 22.2 Å². The van der Waals surface area contributed by atoms with Crippen molar-refractivity contribution in [2.75, 3.05) is 6.61 Å². The summed E-state index contributed by atoms with van der Waals surface area (Å²) in [5.41, 5.74) is 2.68. The second-order valence-corrected chi connectivity index (χ2v) is 11.4. The van der Waals surface area contributed by atoms with Crippen LogP contribution >= 0.6 is 23.1 Å². The van der Waals surface area contributed by atoms with Gasteiger partial charge in [-0.1, -0.05) is 31.2 Å². The van der Waals surface area contributed by atoms with Crippen molar-refractivity contribution in [3.05, 3.63) is 59.0 Å². The standard InChI is InChI=1S/C26H31N3O4S2/c1-6-7-10-32-24(30)20-11-19(18-9-8-17(2)27-14-18)12-21(13-20)34-23-16-28-22(35-23)15-29-25(31)33-26(3,4)5/h8-9,11-14,16H,6-7,10,15H2,1-5H3,(H,29,31). The number of rotatable bonds is 9. The number of nitrogens with one attached hydrogen (secondary N) is 1. The van der Waals surface area contributed by atoms with E-state index in [0.29, 0.717) is 12.2 Å². The fourth-order valence-electron chi connectivity index (χ4n) is 2.97. The highest BCUT2D eigenvalue weighted by Crippen LogP contribution is 2.35. The van der Waals surface area contributed by atoms with Gasteiger partial charge in [0.15, 0.2) is 0 Å². The molecule has 1 aromatic carbocycles. The maximum absolute atomic E-state index is 12.7. The Kier molecular flexibility index (Phi) is 9.28. The van der Waals surface area contributed by atoms with E-state index in [4.69, 9.17) is 9.47 Å². The molecular weight excluding hydrogens is 482 g/mol. The number of thiazole rings is 1. The summed E-state index contributed by atoms with van der Waals surface area (Å²) in [5.74, 6) is -0.339. The minimum Gasteiger partial charge on any atom is -0.462 e. The number of amides is 1. The van der Waals surface area contributed by atoms with Crippen molar-refractivity contribution < 1.29 is 19.1 Å². The molecule has 35 heavy (non-hydrogen) atoms. The van der Waals surface area contributed by atoms with Gasteiger partial charge in [0.2, 0.25) is 0 Å². The first-order valence-corrected chi connectivity index (χ1v) is 13.1. The van der Waals surface area contributed by atoms with Crippen LogP contribution in [0.15, 0.2) is 51.8 Å². The lowest BCUT2D eigenvalue weighted by atomic mass is 10.0. The zero-order valence-corrected chi connectivity index (χ0v) is 22.3. The number of esters is 1. The van der Waals surface area contributed by atoms with Crippen molar-refractivity contribution in [3.8, 4) is 11.1 Å². The highest BCUT2D eigenvalue weighted by atomic mass is 32.2. The minimum atomic E-state index is -0.554. The number of nitrogens with zero attached hydrogens (tertiary/aromatic N) is 2. The average Bonchev–Trinajstić information content (AvgIpc) is 3.24. The molecule has 0 bridgehead atoms. The smallest absolute Gasteiger partial charge is 0.408 e. The number of carbonyl (C=O) groups excluding carboxylic acids is 2. The van der Waals surface area contributed by atoms with E-state index in [1.54, 1.807) is 12.4 Å². The van der Waals surface area contributed by atoms with Gasteiger partial charge < -0.3 is 14.8 Å². The SMILES string of the molecule is CCCCOC(=O)c1cc(Sc2cnc(CNC(=O)OC(C)(C)C)s2)cc(-c2ccc(C)nc2)c1. The monoisotopic (exact) mass is 513 g/mol. The molecule has 186 valence electrons. The van der Waals surface area contributed by atoms with E-state index in [-0.39, 0.29) is 12.5 Å². The fourth-order valence-corrected chi connectivity index (χ4v) is 5.01. The number of pyridine rings is 1. The molecule has 0 fully saturated rings. The average molecular weight is 514 g/mol. The molecule has 0 unspecified atom stereocenters. The molecule has 2 aromatic heterocycles. The highest BCUT2D eigenvalue weighted by Gasteiger charge is 2.17. The molecule has 2 heterocycles. The van der Waals surface area contributed by atoms with Crippen molar-refractivity contribution in [3.63, 3.8) is 0 Å². The Balaban J connectivity index is 1.77. The second-order valence-electron chi connectivity index (χ2n) is 8.95. The summed E-state index contributed by atoms with van der Waals surface area (Å²) in [4.78, 5) is 34.3. The van der Waals surface area contributed by atoms with Crippen molar-refractivity contribution in [2.45, 2.75) is 68.7 Å². The first-order valence-electron chi connectivity index (χ1n) is 11.5. The predicted octanol–water partition coefficient (Wildman–Crippen LogP) is 6.65. The van der Waals surface area contributed by atoms with Gasteiger partial charge in [-0.2, -0.15) is 0 Å². The predicted molar refractivity (Wildman–Crippen MR) is 139 cm³/mol. The normalized spacial score (nSPS) is 11.2. The number of hydrogen-bond donors (Lipinski definition) is 1. The summed E-state index contributed by atoms with van der Waals surface area (Å²) in [6, 6.07) is 9.64. The zero-order chi connectivity index (χ0) is 25.4. The molecule has 9 heteroatoms. The third kappa shape index (κ3) is 8.67. The van der Waals surface area contributed by atoms with E-state index >= 15 is 0 Å².